The molecule has 0 bridgehead atoms. The highest BCUT2D eigenvalue weighted by atomic mass is 19.1. The van der Waals surface area contributed by atoms with Crippen LogP contribution in [-0.2, 0) is 11.2 Å². The second kappa shape index (κ2) is 7.06. The number of aromatic nitrogens is 1. The fraction of sp³-hybridized carbons (Fsp3) is 0.318. The van der Waals surface area contributed by atoms with Crippen LogP contribution in [0.1, 0.15) is 35.6 Å². The van der Waals surface area contributed by atoms with Crippen molar-refractivity contribution in [1.29, 1.82) is 0 Å². The molecule has 4 rings (SSSR count). The van der Waals surface area contributed by atoms with E-state index in [4.69, 9.17) is 0 Å². The summed E-state index contributed by atoms with van der Waals surface area (Å²) in [5, 5.41) is 10.2. The Morgan fingerprint density at radius 1 is 1.19 bits per heavy atom. The van der Waals surface area contributed by atoms with E-state index >= 15 is 0 Å². The van der Waals surface area contributed by atoms with E-state index in [-0.39, 0.29) is 17.5 Å². The smallest absolute Gasteiger partial charge is 0.227 e. The monoisotopic (exact) mass is 366 g/mol. The first-order chi connectivity index (χ1) is 13.0. The number of phenols is 1. The van der Waals surface area contributed by atoms with Crippen LogP contribution in [0.2, 0.25) is 0 Å². The number of aryl methyl sites for hydroxylation is 1. The molecule has 4 nitrogen and oxygen atoms in total. The molecular formula is C22H23FN2O2. The van der Waals surface area contributed by atoms with E-state index in [1.54, 1.807) is 18.2 Å². The van der Waals surface area contributed by atoms with Crippen LogP contribution in [-0.4, -0.2) is 34.0 Å². The number of carbonyl (C=O) groups is 1. The van der Waals surface area contributed by atoms with Crippen LogP contribution < -0.4 is 0 Å². The number of aromatic hydroxyl groups is 1. The van der Waals surface area contributed by atoms with Crippen LogP contribution in [0.3, 0.4) is 0 Å². The number of phenolic OH excluding ortho intramolecular Hbond substituents is 1. The Hall–Kier alpha value is -2.82. The van der Waals surface area contributed by atoms with Gasteiger partial charge in [-0.3, -0.25) is 4.79 Å². The number of nitrogens with zero attached hydrogens (tertiary/aromatic N) is 1. The zero-order valence-electron chi connectivity index (χ0n) is 15.3. The van der Waals surface area contributed by atoms with Gasteiger partial charge >= 0.3 is 0 Å². The molecule has 0 atom stereocenters. The standard InChI is InChI=1S/C22H23FN2O2/c1-14-19(20-12-17(23)4-7-21(20)24-14)13-22(27)25-10-8-16(9-11-25)15-2-5-18(26)6-3-15/h2-7,12,16,24,26H,8-11,13H2,1H3. The number of H-pyrrole nitrogens is 1. The van der Waals surface area contributed by atoms with Gasteiger partial charge in [0.1, 0.15) is 11.6 Å². The molecule has 3 aromatic rings. The maximum Gasteiger partial charge on any atom is 0.227 e. The zero-order chi connectivity index (χ0) is 19.0. The molecule has 0 radical (unpaired) electrons. The highest BCUT2D eigenvalue weighted by Gasteiger charge is 2.25. The molecule has 1 amide bonds. The summed E-state index contributed by atoms with van der Waals surface area (Å²) in [6, 6.07) is 12.0. The van der Waals surface area contributed by atoms with Gasteiger partial charge in [-0.15, -0.1) is 0 Å². The number of fused-ring (bicyclic) bond motifs is 1. The number of benzene rings is 2. The van der Waals surface area contributed by atoms with Crippen LogP contribution >= 0.6 is 0 Å². The van der Waals surface area contributed by atoms with Crippen LogP contribution in [0.25, 0.3) is 10.9 Å². The third-order valence-corrected chi connectivity index (χ3v) is 5.62. The Kier molecular flexibility index (Phi) is 4.60. The molecular weight excluding hydrogens is 343 g/mol. The average Bonchev–Trinajstić information content (AvgIpc) is 2.97. The van der Waals surface area contributed by atoms with E-state index in [0.717, 1.165) is 48.1 Å². The van der Waals surface area contributed by atoms with Gasteiger partial charge in [-0.2, -0.15) is 0 Å². The number of aromatic amines is 1. The molecule has 27 heavy (non-hydrogen) atoms. The van der Waals surface area contributed by atoms with E-state index in [0.29, 0.717) is 12.3 Å². The predicted octanol–water partition coefficient (Wildman–Crippen LogP) is 4.27. The fourth-order valence-corrected chi connectivity index (χ4v) is 4.05. The maximum absolute atomic E-state index is 13.6. The molecule has 140 valence electrons. The number of carbonyl (C=O) groups excluding carboxylic acids is 1. The molecule has 0 spiro atoms. The van der Waals surface area contributed by atoms with Gasteiger partial charge in [-0.1, -0.05) is 12.1 Å². The number of likely N-dealkylation sites (tertiary alicyclic amines) is 1. The highest BCUT2D eigenvalue weighted by molar-refractivity contribution is 5.90. The molecule has 0 aliphatic carbocycles. The molecule has 0 unspecified atom stereocenters. The number of rotatable bonds is 3. The Morgan fingerprint density at radius 2 is 1.89 bits per heavy atom. The summed E-state index contributed by atoms with van der Waals surface area (Å²) < 4.78 is 13.6. The minimum Gasteiger partial charge on any atom is -0.508 e. The Bertz CT molecular complexity index is 970. The van der Waals surface area contributed by atoms with Crippen molar-refractivity contribution >= 4 is 16.8 Å². The third kappa shape index (κ3) is 3.54. The van der Waals surface area contributed by atoms with Crippen molar-refractivity contribution in [2.24, 2.45) is 0 Å². The van der Waals surface area contributed by atoms with Crippen LogP contribution in [0.4, 0.5) is 4.39 Å². The van der Waals surface area contributed by atoms with Crippen molar-refractivity contribution in [3.05, 3.63) is 65.1 Å². The maximum atomic E-state index is 13.6. The summed E-state index contributed by atoms with van der Waals surface area (Å²) in [6.45, 7) is 3.37. The normalized spacial score (nSPS) is 15.4. The number of hydrogen-bond donors (Lipinski definition) is 2. The summed E-state index contributed by atoms with van der Waals surface area (Å²) in [5.41, 5.74) is 3.88. The van der Waals surface area contributed by atoms with E-state index in [1.165, 1.54) is 17.7 Å². The fourth-order valence-electron chi connectivity index (χ4n) is 4.05. The third-order valence-electron chi connectivity index (χ3n) is 5.62. The van der Waals surface area contributed by atoms with Crippen molar-refractivity contribution in [1.82, 2.24) is 9.88 Å². The van der Waals surface area contributed by atoms with Gasteiger partial charge in [-0.25, -0.2) is 4.39 Å². The molecule has 2 heterocycles. The van der Waals surface area contributed by atoms with Gasteiger partial charge in [0.05, 0.1) is 6.42 Å². The van der Waals surface area contributed by atoms with E-state index in [9.17, 15) is 14.3 Å². The first kappa shape index (κ1) is 17.6. The molecule has 1 aromatic heterocycles. The topological polar surface area (TPSA) is 56.3 Å². The summed E-state index contributed by atoms with van der Waals surface area (Å²) in [4.78, 5) is 18.0. The Labute approximate surface area is 157 Å². The number of amides is 1. The number of halogens is 1. The van der Waals surface area contributed by atoms with Gasteiger partial charge in [0.2, 0.25) is 5.91 Å². The SMILES string of the molecule is Cc1[nH]c2ccc(F)cc2c1CC(=O)N1CCC(c2ccc(O)cc2)CC1. The second-order valence-corrected chi connectivity index (χ2v) is 7.34. The lowest BCUT2D eigenvalue weighted by atomic mass is 9.89. The van der Waals surface area contributed by atoms with Crippen LogP contribution in [0.5, 0.6) is 5.75 Å². The average molecular weight is 366 g/mol. The minimum atomic E-state index is -0.287. The van der Waals surface area contributed by atoms with E-state index < -0.39 is 0 Å². The van der Waals surface area contributed by atoms with Crippen molar-refractivity contribution in [2.75, 3.05) is 13.1 Å². The van der Waals surface area contributed by atoms with Crippen LogP contribution in [0, 0.1) is 12.7 Å². The molecule has 1 saturated heterocycles. The van der Waals surface area contributed by atoms with Gasteiger partial charge in [0, 0.05) is 29.7 Å². The lowest BCUT2D eigenvalue weighted by molar-refractivity contribution is -0.131. The van der Waals surface area contributed by atoms with Crippen LogP contribution in [0.15, 0.2) is 42.5 Å². The van der Waals surface area contributed by atoms with E-state index in [2.05, 4.69) is 4.98 Å². The summed E-state index contributed by atoms with van der Waals surface area (Å²) >= 11 is 0. The minimum absolute atomic E-state index is 0.0902. The predicted molar refractivity (Wildman–Crippen MR) is 103 cm³/mol. The van der Waals surface area contributed by atoms with Gasteiger partial charge in [0.15, 0.2) is 0 Å². The van der Waals surface area contributed by atoms with Gasteiger partial charge < -0.3 is 15.0 Å². The van der Waals surface area contributed by atoms with Crippen molar-refractivity contribution in [3.8, 4) is 5.75 Å². The highest BCUT2D eigenvalue weighted by Crippen LogP contribution is 2.30. The molecule has 0 saturated carbocycles. The van der Waals surface area contributed by atoms with E-state index in [1.807, 2.05) is 24.0 Å². The molecule has 1 aliphatic rings. The zero-order valence-corrected chi connectivity index (χ0v) is 15.3. The molecule has 1 fully saturated rings. The van der Waals surface area contributed by atoms with Gasteiger partial charge in [0.25, 0.3) is 0 Å². The number of piperidine rings is 1. The first-order valence-corrected chi connectivity index (χ1v) is 9.34. The van der Waals surface area contributed by atoms with Crippen molar-refractivity contribution in [2.45, 2.75) is 32.1 Å². The largest absolute Gasteiger partial charge is 0.508 e. The van der Waals surface area contributed by atoms with Gasteiger partial charge in [-0.05, 0) is 67.1 Å². The molecule has 2 aromatic carbocycles. The Balaban J connectivity index is 1.44. The summed E-state index contributed by atoms with van der Waals surface area (Å²) in [7, 11) is 0. The number of hydrogen-bond acceptors (Lipinski definition) is 2. The summed E-state index contributed by atoms with van der Waals surface area (Å²) in [5.74, 6) is 0.493. The summed E-state index contributed by atoms with van der Waals surface area (Å²) in [6.07, 6.45) is 2.12. The Morgan fingerprint density at radius 3 is 2.59 bits per heavy atom. The van der Waals surface area contributed by atoms with Crippen molar-refractivity contribution < 1.29 is 14.3 Å². The molecule has 2 N–H and O–H groups in total. The molecule has 1 aliphatic heterocycles. The second-order valence-electron chi connectivity index (χ2n) is 7.34. The lowest BCUT2D eigenvalue weighted by Gasteiger charge is -2.32. The number of nitrogens with one attached hydrogen (secondary N) is 1. The van der Waals surface area contributed by atoms with Crippen molar-refractivity contribution in [3.63, 3.8) is 0 Å². The quantitative estimate of drug-likeness (QED) is 0.727. The first-order valence-electron chi connectivity index (χ1n) is 9.34. The molecule has 5 heteroatoms. The lowest BCUT2D eigenvalue weighted by Crippen LogP contribution is -2.38.